The highest BCUT2D eigenvalue weighted by molar-refractivity contribution is 5.14. The van der Waals surface area contributed by atoms with Gasteiger partial charge in [-0.25, -0.2) is 0 Å². The van der Waals surface area contributed by atoms with Crippen LogP contribution in [0.4, 0.5) is 0 Å². The number of rotatable bonds is 2. The van der Waals surface area contributed by atoms with Gasteiger partial charge in [0, 0.05) is 32.7 Å². The van der Waals surface area contributed by atoms with Crippen LogP contribution in [0, 0.1) is 0 Å². The topological polar surface area (TPSA) is 26.7 Å². The third-order valence-electron chi connectivity index (χ3n) is 2.60. The number of nitrogens with zero attached hydrogens (tertiary/aromatic N) is 2. The Bertz CT molecular complexity index is 268. The first-order valence-electron chi connectivity index (χ1n) is 5.05. The van der Waals surface area contributed by atoms with Crippen LogP contribution in [-0.4, -0.2) is 41.3 Å². The van der Waals surface area contributed by atoms with Gasteiger partial charge in [0.05, 0.1) is 0 Å². The van der Waals surface area contributed by atoms with E-state index < -0.39 is 0 Å². The van der Waals surface area contributed by atoms with Crippen molar-refractivity contribution in [2.75, 3.05) is 26.2 Å². The zero-order chi connectivity index (χ0) is 9.80. The molecule has 0 bridgehead atoms. The van der Waals surface area contributed by atoms with E-state index in [0.717, 1.165) is 32.7 Å². The molecule has 1 aliphatic rings. The van der Waals surface area contributed by atoms with Crippen molar-refractivity contribution < 1.29 is 5.21 Å². The molecule has 0 unspecified atom stereocenters. The lowest BCUT2D eigenvalue weighted by atomic mass is 10.2. The first-order valence-corrected chi connectivity index (χ1v) is 5.05. The van der Waals surface area contributed by atoms with Crippen LogP contribution in [0.15, 0.2) is 30.3 Å². The first kappa shape index (κ1) is 9.65. The molecule has 0 aliphatic carbocycles. The van der Waals surface area contributed by atoms with Gasteiger partial charge in [-0.1, -0.05) is 30.3 Å². The van der Waals surface area contributed by atoms with Crippen LogP contribution in [0.25, 0.3) is 0 Å². The van der Waals surface area contributed by atoms with Crippen LogP contribution < -0.4 is 0 Å². The molecule has 1 aliphatic heterocycles. The summed E-state index contributed by atoms with van der Waals surface area (Å²) in [6.45, 7) is 4.41. The standard InChI is InChI=1S/C11H16N2O/c14-13-8-6-12(7-9-13)10-11-4-2-1-3-5-11/h1-5,14H,6-10H2. The van der Waals surface area contributed by atoms with E-state index in [2.05, 4.69) is 29.2 Å². The van der Waals surface area contributed by atoms with Crippen molar-refractivity contribution in [1.29, 1.82) is 0 Å². The summed E-state index contributed by atoms with van der Waals surface area (Å²) in [5.74, 6) is 0. The van der Waals surface area contributed by atoms with Gasteiger partial charge in [-0.15, -0.1) is 0 Å². The van der Waals surface area contributed by atoms with Gasteiger partial charge in [-0.2, -0.15) is 5.06 Å². The van der Waals surface area contributed by atoms with Crippen LogP contribution in [-0.2, 0) is 6.54 Å². The van der Waals surface area contributed by atoms with Gasteiger partial charge in [0.15, 0.2) is 0 Å². The summed E-state index contributed by atoms with van der Waals surface area (Å²) in [5, 5.41) is 10.6. The van der Waals surface area contributed by atoms with E-state index in [-0.39, 0.29) is 0 Å². The van der Waals surface area contributed by atoms with E-state index in [4.69, 9.17) is 0 Å². The second-order valence-electron chi connectivity index (χ2n) is 3.72. The van der Waals surface area contributed by atoms with Crippen molar-refractivity contribution in [2.24, 2.45) is 0 Å². The minimum absolute atomic E-state index is 0.757. The predicted octanol–water partition coefficient (Wildman–Crippen LogP) is 1.19. The van der Waals surface area contributed by atoms with Crippen molar-refractivity contribution in [3.05, 3.63) is 35.9 Å². The summed E-state index contributed by atoms with van der Waals surface area (Å²) in [4.78, 5) is 2.36. The van der Waals surface area contributed by atoms with Crippen molar-refractivity contribution in [1.82, 2.24) is 9.96 Å². The molecule has 0 saturated carbocycles. The maximum absolute atomic E-state index is 9.20. The smallest absolute Gasteiger partial charge is 0.0366 e. The normalized spacial score (nSPS) is 19.8. The van der Waals surface area contributed by atoms with Crippen molar-refractivity contribution in [2.45, 2.75) is 6.54 Å². The molecule has 1 aromatic carbocycles. The van der Waals surface area contributed by atoms with E-state index in [1.54, 1.807) is 0 Å². The molecule has 1 N–H and O–H groups in total. The summed E-state index contributed by atoms with van der Waals surface area (Å²) in [5.41, 5.74) is 1.35. The lowest BCUT2D eigenvalue weighted by Gasteiger charge is -2.30. The van der Waals surface area contributed by atoms with Crippen molar-refractivity contribution in [3.63, 3.8) is 0 Å². The Morgan fingerprint density at radius 1 is 1.00 bits per heavy atom. The Morgan fingerprint density at radius 3 is 2.29 bits per heavy atom. The lowest BCUT2D eigenvalue weighted by molar-refractivity contribution is -0.118. The van der Waals surface area contributed by atoms with Crippen LogP contribution in [0.3, 0.4) is 0 Å². The maximum atomic E-state index is 9.20. The number of hydrogen-bond acceptors (Lipinski definition) is 3. The molecule has 0 spiro atoms. The van der Waals surface area contributed by atoms with Gasteiger partial charge in [-0.3, -0.25) is 4.90 Å². The van der Waals surface area contributed by atoms with Gasteiger partial charge in [0.1, 0.15) is 0 Å². The molecule has 0 amide bonds. The molecule has 0 aromatic heterocycles. The van der Waals surface area contributed by atoms with E-state index in [9.17, 15) is 5.21 Å². The summed E-state index contributed by atoms with van der Waals surface area (Å²) in [6, 6.07) is 10.5. The Labute approximate surface area is 84.5 Å². The van der Waals surface area contributed by atoms with Gasteiger partial charge < -0.3 is 5.21 Å². The Balaban J connectivity index is 1.87. The summed E-state index contributed by atoms with van der Waals surface area (Å²) in [7, 11) is 0. The summed E-state index contributed by atoms with van der Waals surface area (Å²) >= 11 is 0. The molecule has 0 radical (unpaired) electrons. The molecule has 0 atom stereocenters. The predicted molar refractivity (Wildman–Crippen MR) is 55.1 cm³/mol. The van der Waals surface area contributed by atoms with Crippen molar-refractivity contribution >= 4 is 0 Å². The number of hydrogen-bond donors (Lipinski definition) is 1. The highest BCUT2D eigenvalue weighted by atomic mass is 16.5. The van der Waals surface area contributed by atoms with Crippen LogP contribution in [0.1, 0.15) is 5.56 Å². The summed E-state index contributed by atoms with van der Waals surface area (Å²) < 4.78 is 0. The van der Waals surface area contributed by atoms with Gasteiger partial charge >= 0.3 is 0 Å². The summed E-state index contributed by atoms with van der Waals surface area (Å²) in [6.07, 6.45) is 0. The monoisotopic (exact) mass is 192 g/mol. The SMILES string of the molecule is ON1CCN(Cc2ccccc2)CC1. The molecule has 1 saturated heterocycles. The average molecular weight is 192 g/mol. The van der Waals surface area contributed by atoms with Gasteiger partial charge in [-0.05, 0) is 5.56 Å². The van der Waals surface area contributed by atoms with E-state index >= 15 is 0 Å². The fraction of sp³-hybridized carbons (Fsp3) is 0.455. The lowest BCUT2D eigenvalue weighted by Crippen LogP contribution is -2.44. The fourth-order valence-electron chi connectivity index (χ4n) is 1.74. The molecular weight excluding hydrogens is 176 g/mol. The third kappa shape index (κ3) is 2.54. The second kappa shape index (κ2) is 4.55. The van der Waals surface area contributed by atoms with Crippen LogP contribution in [0.2, 0.25) is 0 Å². The molecule has 1 heterocycles. The quantitative estimate of drug-likeness (QED) is 0.762. The Hall–Kier alpha value is -0.900. The zero-order valence-electron chi connectivity index (χ0n) is 8.26. The first-order chi connectivity index (χ1) is 6.84. The largest absolute Gasteiger partial charge is 0.314 e. The number of benzene rings is 1. The minimum Gasteiger partial charge on any atom is -0.314 e. The molecule has 14 heavy (non-hydrogen) atoms. The molecular formula is C11H16N2O. The van der Waals surface area contributed by atoms with E-state index in [1.165, 1.54) is 10.6 Å². The maximum Gasteiger partial charge on any atom is 0.0366 e. The highest BCUT2D eigenvalue weighted by Gasteiger charge is 2.14. The third-order valence-corrected chi connectivity index (χ3v) is 2.60. The average Bonchev–Trinajstić information content (AvgIpc) is 2.23. The number of hydroxylamine groups is 2. The minimum atomic E-state index is 0.757. The highest BCUT2D eigenvalue weighted by Crippen LogP contribution is 2.06. The number of piperazine rings is 1. The van der Waals surface area contributed by atoms with Gasteiger partial charge in [0.25, 0.3) is 0 Å². The van der Waals surface area contributed by atoms with Gasteiger partial charge in [0.2, 0.25) is 0 Å². The second-order valence-corrected chi connectivity index (χ2v) is 3.72. The molecule has 76 valence electrons. The fourth-order valence-corrected chi connectivity index (χ4v) is 1.74. The Morgan fingerprint density at radius 2 is 1.64 bits per heavy atom. The Kier molecular flexibility index (Phi) is 3.14. The van der Waals surface area contributed by atoms with Crippen LogP contribution >= 0.6 is 0 Å². The molecule has 2 rings (SSSR count). The van der Waals surface area contributed by atoms with Crippen LogP contribution in [0.5, 0.6) is 0 Å². The van der Waals surface area contributed by atoms with E-state index in [1.807, 2.05) is 6.07 Å². The molecule has 3 nitrogen and oxygen atoms in total. The van der Waals surface area contributed by atoms with E-state index in [0.29, 0.717) is 0 Å². The zero-order valence-corrected chi connectivity index (χ0v) is 8.26. The molecule has 1 aromatic rings. The molecule has 1 fully saturated rings. The van der Waals surface area contributed by atoms with Crippen molar-refractivity contribution in [3.8, 4) is 0 Å². The molecule has 3 heteroatoms.